The van der Waals surface area contributed by atoms with E-state index in [0.29, 0.717) is 17.9 Å². The molecule has 0 aliphatic rings. The van der Waals surface area contributed by atoms with Gasteiger partial charge in [-0.3, -0.25) is 0 Å². The van der Waals surface area contributed by atoms with Gasteiger partial charge in [-0.1, -0.05) is 26.0 Å². The van der Waals surface area contributed by atoms with Crippen LogP contribution >= 0.6 is 0 Å². The van der Waals surface area contributed by atoms with Gasteiger partial charge >= 0.3 is 0 Å². The first-order valence-corrected chi connectivity index (χ1v) is 4.50. The van der Waals surface area contributed by atoms with Gasteiger partial charge in [-0.15, -0.1) is 0 Å². The number of ether oxygens (including phenoxy) is 1. The molecule has 1 aromatic rings. The zero-order valence-electron chi connectivity index (χ0n) is 8.37. The zero-order valence-corrected chi connectivity index (χ0v) is 8.37. The molecule has 0 aromatic heterocycles. The van der Waals surface area contributed by atoms with E-state index in [1.54, 1.807) is 12.1 Å². The highest BCUT2D eigenvalue weighted by Crippen LogP contribution is 2.15. The van der Waals surface area contributed by atoms with Crippen LogP contribution in [-0.4, -0.2) is 6.61 Å². The van der Waals surface area contributed by atoms with E-state index in [0.717, 1.165) is 0 Å². The Balaban J connectivity index is 0.000000671. The fourth-order valence-electron chi connectivity index (χ4n) is 0.840. The Labute approximate surface area is 79.8 Å². The molecule has 0 saturated carbocycles. The smallest absolute Gasteiger partial charge is 0.137 e. The van der Waals surface area contributed by atoms with Crippen LogP contribution in [0.2, 0.25) is 0 Å². The van der Waals surface area contributed by atoms with Crippen LogP contribution in [0.25, 0.3) is 0 Å². The molecule has 2 nitrogen and oxygen atoms in total. The number of hydrogen-bond acceptors (Lipinski definition) is 2. The van der Waals surface area contributed by atoms with Crippen LogP contribution in [-0.2, 0) is 0 Å². The molecule has 0 heterocycles. The van der Waals surface area contributed by atoms with Crippen molar-refractivity contribution in [2.24, 2.45) is 0 Å². The van der Waals surface area contributed by atoms with Gasteiger partial charge in [-0.25, -0.2) is 0 Å². The number of nitrogens with zero attached hydrogens (tertiary/aromatic N) is 1. The average Bonchev–Trinajstić information content (AvgIpc) is 2.22. The quantitative estimate of drug-likeness (QED) is 0.695. The normalized spacial score (nSPS) is 7.85. The van der Waals surface area contributed by atoms with E-state index in [1.165, 1.54) is 0 Å². The minimum absolute atomic E-state index is 0.592. The molecular formula is C11H15NO. The predicted octanol–water partition coefficient (Wildman–Crippen LogP) is 2.98. The fourth-order valence-corrected chi connectivity index (χ4v) is 0.840. The zero-order chi connectivity index (χ0) is 10.1. The van der Waals surface area contributed by atoms with Crippen LogP contribution in [0.1, 0.15) is 26.3 Å². The first-order chi connectivity index (χ1) is 6.38. The Kier molecular flexibility index (Phi) is 6.35. The number of benzene rings is 1. The third kappa shape index (κ3) is 3.62. The van der Waals surface area contributed by atoms with Crippen LogP contribution in [0, 0.1) is 11.3 Å². The Hall–Kier alpha value is -1.49. The molecule has 0 atom stereocenters. The Morgan fingerprint density at radius 3 is 2.46 bits per heavy atom. The van der Waals surface area contributed by atoms with Crippen LogP contribution in [0.3, 0.4) is 0 Å². The molecule has 0 aliphatic carbocycles. The van der Waals surface area contributed by atoms with Gasteiger partial charge in [0.25, 0.3) is 0 Å². The van der Waals surface area contributed by atoms with Crippen LogP contribution in [0.4, 0.5) is 0 Å². The molecule has 13 heavy (non-hydrogen) atoms. The van der Waals surface area contributed by atoms with Crippen molar-refractivity contribution in [1.82, 2.24) is 0 Å². The van der Waals surface area contributed by atoms with Crippen LogP contribution < -0.4 is 4.74 Å². The van der Waals surface area contributed by atoms with E-state index in [1.807, 2.05) is 32.9 Å². The summed E-state index contributed by atoms with van der Waals surface area (Å²) in [5, 5.41) is 8.62. The highest BCUT2D eigenvalue weighted by molar-refractivity contribution is 5.42. The first kappa shape index (κ1) is 11.5. The number of rotatable bonds is 2. The summed E-state index contributed by atoms with van der Waals surface area (Å²) in [5.41, 5.74) is 0.592. The number of hydrogen-bond donors (Lipinski definition) is 0. The highest BCUT2D eigenvalue weighted by Gasteiger charge is 1.98. The van der Waals surface area contributed by atoms with E-state index in [-0.39, 0.29) is 0 Å². The molecule has 0 fully saturated rings. The van der Waals surface area contributed by atoms with E-state index in [9.17, 15) is 0 Å². The molecule has 1 rings (SSSR count). The molecule has 0 N–H and O–H groups in total. The second-order valence-corrected chi connectivity index (χ2v) is 2.04. The van der Waals surface area contributed by atoms with Crippen molar-refractivity contribution in [3.05, 3.63) is 29.8 Å². The van der Waals surface area contributed by atoms with Gasteiger partial charge in [0.15, 0.2) is 0 Å². The topological polar surface area (TPSA) is 33.0 Å². The molecular weight excluding hydrogens is 162 g/mol. The molecule has 0 bridgehead atoms. The second-order valence-electron chi connectivity index (χ2n) is 2.04. The Morgan fingerprint density at radius 1 is 1.31 bits per heavy atom. The van der Waals surface area contributed by atoms with E-state index < -0.39 is 0 Å². The largest absolute Gasteiger partial charge is 0.492 e. The maximum absolute atomic E-state index is 8.62. The minimum atomic E-state index is 0.592. The van der Waals surface area contributed by atoms with Gasteiger partial charge in [0.1, 0.15) is 11.8 Å². The van der Waals surface area contributed by atoms with Gasteiger partial charge in [-0.2, -0.15) is 5.26 Å². The molecule has 0 amide bonds. The van der Waals surface area contributed by atoms with Gasteiger partial charge < -0.3 is 4.74 Å². The lowest BCUT2D eigenvalue weighted by Crippen LogP contribution is -1.93. The molecule has 0 unspecified atom stereocenters. The lowest BCUT2D eigenvalue weighted by molar-refractivity contribution is 0.339. The molecule has 70 valence electrons. The van der Waals surface area contributed by atoms with Crippen molar-refractivity contribution < 1.29 is 4.74 Å². The standard InChI is InChI=1S/C9H9NO.C2H6/c1-2-11-9-6-4-3-5-8(9)7-10;1-2/h3-6H,2H2,1H3;1-2H3. The SMILES string of the molecule is CC.CCOc1ccccc1C#N. The molecule has 1 aromatic carbocycles. The predicted molar refractivity (Wildman–Crippen MR) is 53.7 cm³/mol. The third-order valence-corrected chi connectivity index (χ3v) is 1.31. The maximum atomic E-state index is 8.62. The minimum Gasteiger partial charge on any atom is -0.492 e. The lowest BCUT2D eigenvalue weighted by atomic mass is 10.2. The summed E-state index contributed by atoms with van der Waals surface area (Å²) in [6, 6.07) is 9.26. The summed E-state index contributed by atoms with van der Waals surface area (Å²) in [7, 11) is 0. The monoisotopic (exact) mass is 177 g/mol. The van der Waals surface area contributed by atoms with Crippen molar-refractivity contribution in [1.29, 1.82) is 5.26 Å². The highest BCUT2D eigenvalue weighted by atomic mass is 16.5. The van der Waals surface area contributed by atoms with Gasteiger partial charge in [0.2, 0.25) is 0 Å². The van der Waals surface area contributed by atoms with Crippen molar-refractivity contribution >= 4 is 0 Å². The summed E-state index contributed by atoms with van der Waals surface area (Å²) in [6.45, 7) is 6.49. The van der Waals surface area contributed by atoms with Gasteiger partial charge in [-0.05, 0) is 19.1 Å². The molecule has 0 spiro atoms. The average molecular weight is 177 g/mol. The lowest BCUT2D eigenvalue weighted by Gasteiger charge is -2.02. The first-order valence-electron chi connectivity index (χ1n) is 4.50. The van der Waals surface area contributed by atoms with Crippen molar-refractivity contribution in [2.45, 2.75) is 20.8 Å². The van der Waals surface area contributed by atoms with Gasteiger partial charge in [0.05, 0.1) is 12.2 Å². The Morgan fingerprint density at radius 2 is 1.92 bits per heavy atom. The third-order valence-electron chi connectivity index (χ3n) is 1.31. The van der Waals surface area contributed by atoms with E-state index in [4.69, 9.17) is 10.00 Å². The van der Waals surface area contributed by atoms with Crippen LogP contribution in [0.15, 0.2) is 24.3 Å². The maximum Gasteiger partial charge on any atom is 0.137 e. The van der Waals surface area contributed by atoms with Crippen LogP contribution in [0.5, 0.6) is 5.75 Å². The molecule has 0 saturated heterocycles. The second kappa shape index (κ2) is 7.17. The fraction of sp³-hybridized carbons (Fsp3) is 0.364. The summed E-state index contributed by atoms with van der Waals surface area (Å²) in [6.07, 6.45) is 0. The summed E-state index contributed by atoms with van der Waals surface area (Å²) in [4.78, 5) is 0. The van der Waals surface area contributed by atoms with Crippen molar-refractivity contribution in [3.63, 3.8) is 0 Å². The summed E-state index contributed by atoms with van der Waals surface area (Å²) in [5.74, 6) is 0.664. The van der Waals surface area contributed by atoms with E-state index in [2.05, 4.69) is 6.07 Å². The van der Waals surface area contributed by atoms with Crippen molar-refractivity contribution in [3.8, 4) is 11.8 Å². The van der Waals surface area contributed by atoms with Gasteiger partial charge in [0, 0.05) is 0 Å². The van der Waals surface area contributed by atoms with Crippen molar-refractivity contribution in [2.75, 3.05) is 6.61 Å². The summed E-state index contributed by atoms with van der Waals surface area (Å²) >= 11 is 0. The molecule has 0 aliphatic heterocycles. The molecule has 2 heteroatoms. The molecule has 0 radical (unpaired) electrons. The number of para-hydroxylation sites is 1. The number of nitriles is 1. The Bertz CT molecular complexity index is 276. The summed E-state index contributed by atoms with van der Waals surface area (Å²) < 4.78 is 5.21. The van der Waals surface area contributed by atoms with E-state index >= 15 is 0 Å².